The SMILES string of the molecule is C1CCC(NC2CCCCC2)CC1.C=CCOC(=O)NCCCC[C@@H](N=C(C)C1=C(O)CC(C)(C)CC1=O)C(=O)O. The van der Waals surface area contributed by atoms with E-state index >= 15 is 0 Å². The Bertz CT molecular complexity index is 914. The molecule has 1 atom stereocenters. The highest BCUT2D eigenvalue weighted by molar-refractivity contribution is 6.22. The molecule has 0 saturated heterocycles. The lowest BCUT2D eigenvalue weighted by Gasteiger charge is -2.30. The van der Waals surface area contributed by atoms with E-state index in [9.17, 15) is 24.6 Å². The molecule has 0 radical (unpaired) electrons. The van der Waals surface area contributed by atoms with Crippen LogP contribution < -0.4 is 10.6 Å². The fourth-order valence-corrected chi connectivity index (χ4v) is 5.95. The number of carboxylic acid groups (broad SMARTS) is 1. The second-order valence-electron chi connectivity index (χ2n) is 12.5. The van der Waals surface area contributed by atoms with Gasteiger partial charge in [0, 0.05) is 37.2 Å². The molecular weight excluding hydrogens is 522 g/mol. The number of carbonyl (C=O) groups excluding carboxylic acids is 2. The summed E-state index contributed by atoms with van der Waals surface area (Å²) >= 11 is 0. The Morgan fingerprint density at radius 2 is 1.63 bits per heavy atom. The van der Waals surface area contributed by atoms with Gasteiger partial charge >= 0.3 is 12.1 Å². The average molecular weight is 576 g/mol. The predicted octanol–water partition coefficient (Wildman–Crippen LogP) is 6.43. The third-order valence-corrected chi connectivity index (χ3v) is 8.04. The number of amides is 1. The van der Waals surface area contributed by atoms with Gasteiger partial charge in [0.05, 0.1) is 5.57 Å². The minimum atomic E-state index is -1.10. The highest BCUT2D eigenvalue weighted by atomic mass is 16.5. The summed E-state index contributed by atoms with van der Waals surface area (Å²) in [6, 6.07) is 0.726. The Morgan fingerprint density at radius 3 is 2.15 bits per heavy atom. The van der Waals surface area contributed by atoms with Gasteiger partial charge in [-0.05, 0) is 57.3 Å². The molecule has 41 heavy (non-hydrogen) atoms. The number of carbonyl (C=O) groups is 3. The molecule has 0 aliphatic heterocycles. The molecule has 0 unspecified atom stereocenters. The van der Waals surface area contributed by atoms with Crippen LogP contribution in [0.2, 0.25) is 0 Å². The van der Waals surface area contributed by atoms with E-state index < -0.39 is 18.1 Å². The van der Waals surface area contributed by atoms with Gasteiger partial charge in [-0.1, -0.05) is 65.0 Å². The van der Waals surface area contributed by atoms with Gasteiger partial charge < -0.3 is 25.6 Å². The summed E-state index contributed by atoms with van der Waals surface area (Å²) in [4.78, 5) is 39.3. The first-order valence-corrected chi connectivity index (χ1v) is 15.5. The molecule has 0 heterocycles. The summed E-state index contributed by atoms with van der Waals surface area (Å²) in [7, 11) is 0. The quantitative estimate of drug-likeness (QED) is 0.120. The average Bonchev–Trinajstić information content (AvgIpc) is 2.91. The predicted molar refractivity (Wildman–Crippen MR) is 162 cm³/mol. The molecule has 4 N–H and O–H groups in total. The molecule has 2 fully saturated rings. The van der Waals surface area contributed by atoms with Crippen molar-refractivity contribution in [3.63, 3.8) is 0 Å². The van der Waals surface area contributed by atoms with Crippen LogP contribution in [-0.4, -0.2) is 65.0 Å². The Labute approximate surface area is 246 Å². The molecule has 232 valence electrons. The Morgan fingerprint density at radius 1 is 1.05 bits per heavy atom. The van der Waals surface area contributed by atoms with Gasteiger partial charge in [0.2, 0.25) is 0 Å². The van der Waals surface area contributed by atoms with E-state index in [4.69, 9.17) is 4.74 Å². The number of hydrogen-bond acceptors (Lipinski definition) is 7. The number of aliphatic hydroxyl groups is 1. The van der Waals surface area contributed by atoms with Crippen LogP contribution in [-0.2, 0) is 14.3 Å². The van der Waals surface area contributed by atoms with Crippen LogP contribution >= 0.6 is 0 Å². The molecule has 9 heteroatoms. The summed E-state index contributed by atoms with van der Waals surface area (Å²) in [5.74, 6) is -1.35. The minimum absolute atomic E-state index is 0.0334. The van der Waals surface area contributed by atoms with E-state index in [1.54, 1.807) is 6.92 Å². The third kappa shape index (κ3) is 13.2. The summed E-state index contributed by atoms with van der Waals surface area (Å²) in [5.41, 5.74) is 0.0606. The molecule has 0 spiro atoms. The largest absolute Gasteiger partial charge is 0.511 e. The number of aliphatic imine (C=N–C) groups is 1. The second kappa shape index (κ2) is 18.0. The van der Waals surface area contributed by atoms with Gasteiger partial charge in [-0.25, -0.2) is 9.59 Å². The van der Waals surface area contributed by atoms with Crippen LogP contribution in [0.4, 0.5) is 4.79 Å². The summed E-state index contributed by atoms with van der Waals surface area (Å²) < 4.78 is 4.77. The molecule has 3 aliphatic rings. The molecule has 0 aromatic rings. The van der Waals surface area contributed by atoms with Crippen LogP contribution in [0.1, 0.15) is 117 Å². The third-order valence-electron chi connectivity index (χ3n) is 8.04. The molecule has 0 aromatic carbocycles. The van der Waals surface area contributed by atoms with Crippen molar-refractivity contribution < 1.29 is 29.3 Å². The number of nitrogens with one attached hydrogen (secondary N) is 2. The van der Waals surface area contributed by atoms with Crippen LogP contribution in [0.25, 0.3) is 0 Å². The molecule has 3 rings (SSSR count). The molecular formula is C32H53N3O6. The zero-order chi connectivity index (χ0) is 30.3. The lowest BCUT2D eigenvalue weighted by Crippen LogP contribution is -2.40. The van der Waals surface area contributed by atoms with Crippen molar-refractivity contribution in [2.24, 2.45) is 10.4 Å². The number of unbranched alkanes of at least 4 members (excludes halogenated alkanes) is 1. The first-order chi connectivity index (χ1) is 19.5. The van der Waals surface area contributed by atoms with E-state index in [2.05, 4.69) is 22.2 Å². The normalized spacial score (nSPS) is 21.0. The van der Waals surface area contributed by atoms with Gasteiger partial charge in [-0.3, -0.25) is 9.79 Å². The number of ketones is 1. The Hall–Kier alpha value is -2.68. The number of alkyl carbamates (subject to hydrolysis) is 1. The van der Waals surface area contributed by atoms with Gasteiger partial charge in [-0.2, -0.15) is 0 Å². The number of nitrogens with zero attached hydrogens (tertiary/aromatic N) is 1. The van der Waals surface area contributed by atoms with Gasteiger partial charge in [0.25, 0.3) is 0 Å². The Balaban J connectivity index is 0.000000372. The number of aliphatic hydroxyl groups excluding tert-OH is 1. The van der Waals surface area contributed by atoms with Gasteiger partial charge in [-0.15, -0.1) is 0 Å². The van der Waals surface area contributed by atoms with E-state index in [1.807, 2.05) is 13.8 Å². The van der Waals surface area contributed by atoms with Crippen LogP contribution in [0.3, 0.4) is 0 Å². The topological polar surface area (TPSA) is 137 Å². The summed E-state index contributed by atoms with van der Waals surface area (Å²) in [6.45, 7) is 9.25. The zero-order valence-electron chi connectivity index (χ0n) is 25.5. The number of ether oxygens (including phenoxy) is 1. The number of Topliss-reactive ketones (excluding diaryl/α,β-unsaturated/α-hetero) is 1. The number of aliphatic carboxylic acids is 1. The van der Waals surface area contributed by atoms with Crippen LogP contribution in [0, 0.1) is 5.41 Å². The fourth-order valence-electron chi connectivity index (χ4n) is 5.95. The van der Waals surface area contributed by atoms with Crippen LogP contribution in [0.5, 0.6) is 0 Å². The Kier molecular flexibility index (Phi) is 15.1. The van der Waals surface area contributed by atoms with E-state index in [0.29, 0.717) is 25.8 Å². The second-order valence-corrected chi connectivity index (χ2v) is 12.5. The standard InChI is InChI=1S/C20H30N2O6.C12H23N/c1-5-10-28-19(27)21-9-7-6-8-14(18(25)26)22-13(2)17-15(23)11-20(3,4)12-16(17)24;1-3-7-11(8-4-1)13-12-9-5-2-6-10-12/h5,14,23H,1,6-12H2,2-4H3,(H,21,27)(H,25,26);11-13H,1-10H2/t14-;/m1./s1. The lowest BCUT2D eigenvalue weighted by molar-refractivity contribution is -0.138. The molecule has 2 saturated carbocycles. The van der Waals surface area contributed by atoms with Crippen molar-refractivity contribution in [2.45, 2.75) is 135 Å². The van der Waals surface area contributed by atoms with Crippen molar-refractivity contribution in [3.8, 4) is 0 Å². The molecule has 3 aliphatic carbocycles. The van der Waals surface area contributed by atoms with E-state index in [-0.39, 0.29) is 47.7 Å². The van der Waals surface area contributed by atoms with Crippen molar-refractivity contribution in [1.29, 1.82) is 0 Å². The summed E-state index contributed by atoms with van der Waals surface area (Å²) in [5, 5.41) is 26.0. The minimum Gasteiger partial charge on any atom is -0.511 e. The maximum Gasteiger partial charge on any atom is 0.407 e. The first-order valence-electron chi connectivity index (χ1n) is 15.5. The van der Waals surface area contributed by atoms with E-state index in [0.717, 1.165) is 12.1 Å². The number of hydrogen-bond donors (Lipinski definition) is 4. The first kappa shape index (κ1) is 34.5. The monoisotopic (exact) mass is 575 g/mol. The molecule has 9 nitrogen and oxygen atoms in total. The number of carboxylic acids is 1. The van der Waals surface area contributed by atoms with E-state index in [1.165, 1.54) is 70.3 Å². The summed E-state index contributed by atoms with van der Waals surface area (Å²) in [6.07, 6.45) is 17.4. The smallest absolute Gasteiger partial charge is 0.407 e. The zero-order valence-corrected chi connectivity index (χ0v) is 25.5. The highest BCUT2D eigenvalue weighted by Gasteiger charge is 2.34. The molecule has 1 amide bonds. The van der Waals surface area contributed by atoms with Crippen molar-refractivity contribution in [1.82, 2.24) is 10.6 Å². The number of allylic oxidation sites excluding steroid dienone is 2. The van der Waals surface area contributed by atoms with Crippen molar-refractivity contribution >= 4 is 23.6 Å². The maximum atomic E-state index is 12.3. The van der Waals surface area contributed by atoms with Crippen molar-refractivity contribution in [2.75, 3.05) is 13.2 Å². The number of rotatable bonds is 12. The highest BCUT2D eigenvalue weighted by Crippen LogP contribution is 2.36. The lowest BCUT2D eigenvalue weighted by atomic mass is 9.75. The van der Waals surface area contributed by atoms with Gasteiger partial charge in [0.1, 0.15) is 18.4 Å². The van der Waals surface area contributed by atoms with Crippen molar-refractivity contribution in [3.05, 3.63) is 24.0 Å². The molecule has 0 aromatic heterocycles. The van der Waals surface area contributed by atoms with Gasteiger partial charge in [0.15, 0.2) is 5.78 Å². The maximum absolute atomic E-state index is 12.3. The van der Waals surface area contributed by atoms with Crippen LogP contribution in [0.15, 0.2) is 29.0 Å². The molecule has 0 bridgehead atoms. The fraction of sp³-hybridized carbons (Fsp3) is 0.750.